The van der Waals surface area contributed by atoms with Crippen LogP contribution in [0.1, 0.15) is 29.9 Å². The maximum Gasteiger partial charge on any atom is 0.255 e. The first-order chi connectivity index (χ1) is 9.12. The molecule has 0 aliphatic rings. The number of hydrogen-bond acceptors (Lipinski definition) is 4. The third-order valence-electron chi connectivity index (χ3n) is 2.74. The molecule has 0 saturated heterocycles. The predicted molar refractivity (Wildman–Crippen MR) is 73.9 cm³/mol. The van der Waals surface area contributed by atoms with Gasteiger partial charge in [0, 0.05) is 24.0 Å². The SMILES string of the molecule is CCc1cc(C(=O)Nc2cnn(CC)c2)cc(N)n1. The maximum atomic E-state index is 12.1. The van der Waals surface area contributed by atoms with E-state index < -0.39 is 0 Å². The fourth-order valence-electron chi connectivity index (χ4n) is 1.73. The first-order valence-corrected chi connectivity index (χ1v) is 6.22. The quantitative estimate of drug-likeness (QED) is 0.875. The molecule has 0 unspecified atom stereocenters. The lowest BCUT2D eigenvalue weighted by Gasteiger charge is -2.05. The number of aromatic nitrogens is 3. The van der Waals surface area contributed by atoms with E-state index in [0.29, 0.717) is 17.1 Å². The summed E-state index contributed by atoms with van der Waals surface area (Å²) >= 11 is 0. The first-order valence-electron chi connectivity index (χ1n) is 6.22. The lowest BCUT2D eigenvalue weighted by molar-refractivity contribution is 0.102. The number of nitrogen functional groups attached to an aromatic ring is 1. The van der Waals surface area contributed by atoms with Crippen LogP contribution in [0.25, 0.3) is 0 Å². The average molecular weight is 259 g/mol. The highest BCUT2D eigenvalue weighted by atomic mass is 16.1. The summed E-state index contributed by atoms with van der Waals surface area (Å²) in [6.07, 6.45) is 4.13. The van der Waals surface area contributed by atoms with Gasteiger partial charge in [-0.1, -0.05) is 6.92 Å². The molecule has 2 aromatic heterocycles. The number of nitrogens with one attached hydrogen (secondary N) is 1. The van der Waals surface area contributed by atoms with E-state index in [1.165, 1.54) is 0 Å². The van der Waals surface area contributed by atoms with Gasteiger partial charge in [0.1, 0.15) is 5.82 Å². The lowest BCUT2D eigenvalue weighted by atomic mass is 10.2. The highest BCUT2D eigenvalue weighted by molar-refractivity contribution is 6.04. The normalized spacial score (nSPS) is 10.4. The Hall–Kier alpha value is -2.37. The number of anilines is 2. The molecule has 1 amide bonds. The van der Waals surface area contributed by atoms with E-state index >= 15 is 0 Å². The number of hydrogen-bond donors (Lipinski definition) is 2. The standard InChI is InChI=1S/C13H17N5O/c1-3-10-5-9(6-12(14)16-10)13(19)17-11-7-15-18(4-2)8-11/h5-8H,3-4H2,1-2H3,(H2,14,16)(H,17,19). The molecule has 0 spiro atoms. The zero-order chi connectivity index (χ0) is 13.8. The van der Waals surface area contributed by atoms with Gasteiger partial charge in [-0.2, -0.15) is 5.10 Å². The second kappa shape index (κ2) is 5.51. The molecule has 0 saturated carbocycles. The molecule has 0 atom stereocenters. The van der Waals surface area contributed by atoms with Crippen molar-refractivity contribution in [3.63, 3.8) is 0 Å². The first kappa shape index (κ1) is 13.1. The summed E-state index contributed by atoms with van der Waals surface area (Å²) < 4.78 is 1.74. The van der Waals surface area contributed by atoms with Crippen LogP contribution in [-0.2, 0) is 13.0 Å². The molecule has 0 aliphatic carbocycles. The Balaban J connectivity index is 2.17. The Labute approximate surface area is 111 Å². The van der Waals surface area contributed by atoms with Crippen LogP contribution < -0.4 is 11.1 Å². The molecule has 6 heteroatoms. The van der Waals surface area contributed by atoms with Gasteiger partial charge in [-0.25, -0.2) is 4.98 Å². The highest BCUT2D eigenvalue weighted by Crippen LogP contribution is 2.12. The van der Waals surface area contributed by atoms with E-state index in [4.69, 9.17) is 5.73 Å². The summed E-state index contributed by atoms with van der Waals surface area (Å²) in [6, 6.07) is 3.31. The summed E-state index contributed by atoms with van der Waals surface area (Å²) in [4.78, 5) is 16.2. The van der Waals surface area contributed by atoms with Gasteiger partial charge in [0.15, 0.2) is 0 Å². The van der Waals surface area contributed by atoms with Crippen LogP contribution in [0.3, 0.4) is 0 Å². The van der Waals surface area contributed by atoms with Gasteiger partial charge in [-0.15, -0.1) is 0 Å². The molecule has 2 heterocycles. The number of rotatable bonds is 4. The topological polar surface area (TPSA) is 85.8 Å². The minimum atomic E-state index is -0.209. The van der Waals surface area contributed by atoms with Gasteiger partial charge in [-0.05, 0) is 25.5 Å². The molecule has 19 heavy (non-hydrogen) atoms. The van der Waals surface area contributed by atoms with Gasteiger partial charge in [0.05, 0.1) is 11.9 Å². The Kier molecular flexibility index (Phi) is 3.79. The molecular weight excluding hydrogens is 242 g/mol. The Morgan fingerprint density at radius 2 is 2.21 bits per heavy atom. The van der Waals surface area contributed by atoms with Gasteiger partial charge >= 0.3 is 0 Å². The Morgan fingerprint density at radius 1 is 1.42 bits per heavy atom. The van der Waals surface area contributed by atoms with Crippen molar-refractivity contribution in [2.45, 2.75) is 26.8 Å². The number of nitrogens with two attached hydrogens (primary N) is 1. The van der Waals surface area contributed by atoms with Crippen molar-refractivity contribution in [1.29, 1.82) is 0 Å². The van der Waals surface area contributed by atoms with E-state index in [9.17, 15) is 4.79 Å². The van der Waals surface area contributed by atoms with Crippen molar-refractivity contribution in [3.05, 3.63) is 35.8 Å². The van der Waals surface area contributed by atoms with Crippen LogP contribution >= 0.6 is 0 Å². The van der Waals surface area contributed by atoms with Crippen LogP contribution in [0.4, 0.5) is 11.5 Å². The third kappa shape index (κ3) is 3.09. The van der Waals surface area contributed by atoms with Crippen molar-refractivity contribution in [3.8, 4) is 0 Å². The lowest BCUT2D eigenvalue weighted by Crippen LogP contribution is -2.13. The molecule has 0 bridgehead atoms. The van der Waals surface area contributed by atoms with E-state index in [0.717, 1.165) is 18.7 Å². The number of nitrogens with zero attached hydrogens (tertiary/aromatic N) is 3. The van der Waals surface area contributed by atoms with Crippen LogP contribution in [0.2, 0.25) is 0 Å². The van der Waals surface area contributed by atoms with Crippen molar-refractivity contribution in [1.82, 2.24) is 14.8 Å². The molecular formula is C13H17N5O. The smallest absolute Gasteiger partial charge is 0.255 e. The van der Waals surface area contributed by atoms with Crippen molar-refractivity contribution in [2.75, 3.05) is 11.1 Å². The minimum absolute atomic E-state index is 0.209. The maximum absolute atomic E-state index is 12.1. The number of carbonyl (C=O) groups is 1. The van der Waals surface area contributed by atoms with E-state index in [-0.39, 0.29) is 5.91 Å². The summed E-state index contributed by atoms with van der Waals surface area (Å²) in [7, 11) is 0. The summed E-state index contributed by atoms with van der Waals surface area (Å²) in [5.74, 6) is 0.146. The Morgan fingerprint density at radius 3 is 2.84 bits per heavy atom. The molecule has 0 radical (unpaired) electrons. The monoisotopic (exact) mass is 259 g/mol. The van der Waals surface area contributed by atoms with Crippen LogP contribution in [-0.4, -0.2) is 20.7 Å². The summed E-state index contributed by atoms with van der Waals surface area (Å²) in [5.41, 5.74) is 7.66. The van der Waals surface area contributed by atoms with Crippen LogP contribution in [0.15, 0.2) is 24.5 Å². The Bertz CT molecular complexity index is 590. The average Bonchev–Trinajstić information content (AvgIpc) is 2.85. The molecule has 2 aromatic rings. The fourth-order valence-corrected chi connectivity index (χ4v) is 1.73. The highest BCUT2D eigenvalue weighted by Gasteiger charge is 2.09. The van der Waals surface area contributed by atoms with Gasteiger partial charge in [-0.3, -0.25) is 9.48 Å². The molecule has 2 rings (SSSR count). The minimum Gasteiger partial charge on any atom is -0.384 e. The predicted octanol–water partition coefficient (Wildman–Crippen LogP) is 1.69. The van der Waals surface area contributed by atoms with Gasteiger partial charge in [0.25, 0.3) is 5.91 Å². The molecule has 0 fully saturated rings. The van der Waals surface area contributed by atoms with E-state index in [2.05, 4.69) is 15.4 Å². The summed E-state index contributed by atoms with van der Waals surface area (Å²) in [6.45, 7) is 4.71. The zero-order valence-electron chi connectivity index (χ0n) is 11.1. The molecule has 100 valence electrons. The van der Waals surface area contributed by atoms with Gasteiger partial charge < -0.3 is 11.1 Å². The third-order valence-corrected chi connectivity index (χ3v) is 2.74. The number of carbonyl (C=O) groups excluding carboxylic acids is 1. The zero-order valence-corrected chi connectivity index (χ0v) is 11.1. The fraction of sp³-hybridized carbons (Fsp3) is 0.308. The molecule has 3 N–H and O–H groups in total. The van der Waals surface area contributed by atoms with E-state index in [1.54, 1.807) is 29.2 Å². The van der Waals surface area contributed by atoms with Crippen molar-refractivity contribution in [2.24, 2.45) is 0 Å². The summed E-state index contributed by atoms with van der Waals surface area (Å²) in [5, 5.41) is 6.88. The van der Waals surface area contributed by atoms with Crippen LogP contribution in [0.5, 0.6) is 0 Å². The van der Waals surface area contributed by atoms with Crippen molar-refractivity contribution < 1.29 is 4.79 Å². The largest absolute Gasteiger partial charge is 0.384 e. The van der Waals surface area contributed by atoms with Crippen molar-refractivity contribution >= 4 is 17.4 Å². The number of pyridine rings is 1. The van der Waals surface area contributed by atoms with Crippen LogP contribution in [0, 0.1) is 0 Å². The number of aryl methyl sites for hydroxylation is 2. The molecule has 0 aliphatic heterocycles. The number of amides is 1. The second-order valence-electron chi connectivity index (χ2n) is 4.16. The molecule has 6 nitrogen and oxygen atoms in total. The van der Waals surface area contributed by atoms with E-state index in [1.807, 2.05) is 13.8 Å². The second-order valence-corrected chi connectivity index (χ2v) is 4.16. The van der Waals surface area contributed by atoms with Gasteiger partial charge in [0.2, 0.25) is 0 Å². The molecule has 0 aromatic carbocycles.